The Morgan fingerprint density at radius 1 is 1.08 bits per heavy atom. The van der Waals surface area contributed by atoms with E-state index in [-0.39, 0.29) is 13.0 Å². The van der Waals surface area contributed by atoms with Crippen LogP contribution in [0.2, 0.25) is 5.02 Å². The molecule has 2 aromatic carbocycles. The van der Waals surface area contributed by atoms with E-state index in [1.807, 2.05) is 0 Å². The van der Waals surface area contributed by atoms with Crippen molar-refractivity contribution in [3.05, 3.63) is 65.5 Å². The lowest BCUT2D eigenvalue weighted by atomic mass is 10.1. The van der Waals surface area contributed by atoms with Crippen molar-refractivity contribution in [2.75, 3.05) is 24.4 Å². The molecule has 0 saturated carbocycles. The topological polar surface area (TPSA) is 166 Å². The Morgan fingerprint density at radius 2 is 1.79 bits per heavy atom. The average Bonchev–Trinajstić information content (AvgIpc) is 3.43. The summed E-state index contributed by atoms with van der Waals surface area (Å²) in [6.45, 7) is 1.41. The molecule has 3 rings (SSSR count). The van der Waals surface area contributed by atoms with Crippen LogP contribution >= 0.6 is 11.6 Å². The average molecular weight is 542 g/mol. The number of methoxy groups -OCH3 is 1. The molecule has 0 fully saturated rings. The number of carbonyl (C=O) groups excluding carboxylic acids is 4. The summed E-state index contributed by atoms with van der Waals surface area (Å²) in [5.41, 5.74) is 2.07. The normalized spacial score (nSPS) is 11.4. The highest BCUT2D eigenvalue weighted by atomic mass is 35.5. The largest absolute Gasteiger partial charge is 0.469 e. The van der Waals surface area contributed by atoms with E-state index in [4.69, 9.17) is 16.3 Å². The molecule has 0 bridgehead atoms. The molecule has 1 atom stereocenters. The zero-order chi connectivity index (χ0) is 27.5. The maximum atomic E-state index is 12.5. The van der Waals surface area contributed by atoms with Gasteiger partial charge in [-0.3, -0.25) is 19.7 Å². The van der Waals surface area contributed by atoms with Crippen LogP contribution in [-0.4, -0.2) is 63.8 Å². The highest BCUT2D eigenvalue weighted by Crippen LogP contribution is 2.20. The number of amides is 3. The molecule has 13 nitrogen and oxygen atoms in total. The first-order chi connectivity index (χ1) is 18.2. The van der Waals surface area contributed by atoms with E-state index in [0.29, 0.717) is 27.6 Å². The summed E-state index contributed by atoms with van der Waals surface area (Å²) in [6.07, 6.45) is 3.43. The van der Waals surface area contributed by atoms with E-state index in [1.165, 1.54) is 37.2 Å². The predicted octanol–water partition coefficient (Wildman–Crippen LogP) is 2.58. The van der Waals surface area contributed by atoms with Crippen LogP contribution in [0.1, 0.15) is 18.9 Å². The van der Waals surface area contributed by atoms with Gasteiger partial charge in [0, 0.05) is 28.0 Å². The number of hydrogen-bond donors (Lipinski definition) is 3. The summed E-state index contributed by atoms with van der Waals surface area (Å²) >= 11 is 6.08. The van der Waals surface area contributed by atoms with Gasteiger partial charge in [-0.15, -0.1) is 5.10 Å². The molecule has 1 aromatic heterocycles. The van der Waals surface area contributed by atoms with Crippen molar-refractivity contribution >= 4 is 52.9 Å². The number of halogens is 1. The molecular weight excluding hydrogens is 518 g/mol. The molecule has 1 unspecified atom stereocenters. The van der Waals surface area contributed by atoms with Crippen LogP contribution in [0.4, 0.5) is 16.2 Å². The zero-order valence-electron chi connectivity index (χ0n) is 20.4. The number of rotatable bonds is 10. The van der Waals surface area contributed by atoms with Gasteiger partial charge >= 0.3 is 12.1 Å². The number of ether oxygens (including phenoxy) is 2. The fourth-order valence-electron chi connectivity index (χ4n) is 3.00. The van der Waals surface area contributed by atoms with Crippen LogP contribution in [0.15, 0.2) is 54.9 Å². The third kappa shape index (κ3) is 8.41. The molecule has 198 valence electrons. The molecule has 14 heteroatoms. The number of aromatic nitrogens is 4. The molecule has 3 amide bonds. The second kappa shape index (κ2) is 13.5. The lowest BCUT2D eigenvalue weighted by Crippen LogP contribution is -2.40. The number of carbonyl (C=O) groups is 4. The van der Waals surface area contributed by atoms with Crippen molar-refractivity contribution in [1.82, 2.24) is 25.5 Å². The molecule has 0 aliphatic rings. The summed E-state index contributed by atoms with van der Waals surface area (Å²) < 4.78 is 10.8. The second-order valence-electron chi connectivity index (χ2n) is 7.67. The SMILES string of the molecule is COC(=O)CCOC(=O)Nc1ccc(NC(=O)C(C)NC(=O)C=Cc2cc(Cl)ccc2-n2cnnn2)cc1. The van der Waals surface area contributed by atoms with Crippen LogP contribution in [0.25, 0.3) is 11.8 Å². The lowest BCUT2D eigenvalue weighted by molar-refractivity contribution is -0.141. The quantitative estimate of drug-likeness (QED) is 0.258. The fraction of sp³-hybridized carbons (Fsp3) is 0.208. The smallest absolute Gasteiger partial charge is 0.411 e. The van der Waals surface area contributed by atoms with Gasteiger partial charge in [-0.05, 0) is 65.9 Å². The second-order valence-corrected chi connectivity index (χ2v) is 8.11. The fourth-order valence-corrected chi connectivity index (χ4v) is 3.18. The van der Waals surface area contributed by atoms with Crippen LogP contribution < -0.4 is 16.0 Å². The summed E-state index contributed by atoms with van der Waals surface area (Å²) in [7, 11) is 1.24. The first kappa shape index (κ1) is 27.8. The van der Waals surface area contributed by atoms with Crippen molar-refractivity contribution in [1.29, 1.82) is 0 Å². The van der Waals surface area contributed by atoms with Gasteiger partial charge in [-0.2, -0.15) is 4.68 Å². The van der Waals surface area contributed by atoms with Gasteiger partial charge in [0.1, 0.15) is 19.0 Å². The van der Waals surface area contributed by atoms with Gasteiger partial charge in [-0.1, -0.05) is 11.6 Å². The predicted molar refractivity (Wildman–Crippen MR) is 137 cm³/mol. The van der Waals surface area contributed by atoms with E-state index in [2.05, 4.69) is 36.2 Å². The van der Waals surface area contributed by atoms with E-state index >= 15 is 0 Å². The summed E-state index contributed by atoms with van der Waals surface area (Å²) in [5.74, 6) is -1.44. The van der Waals surface area contributed by atoms with Crippen molar-refractivity contribution in [3.8, 4) is 5.69 Å². The number of nitrogens with one attached hydrogen (secondary N) is 3. The molecule has 0 radical (unpaired) electrons. The molecule has 0 saturated heterocycles. The lowest BCUT2D eigenvalue weighted by Gasteiger charge is -2.13. The minimum absolute atomic E-state index is 0.0538. The van der Waals surface area contributed by atoms with E-state index in [0.717, 1.165) is 0 Å². The Hall–Kier alpha value is -4.78. The Kier molecular flexibility index (Phi) is 9.88. The summed E-state index contributed by atoms with van der Waals surface area (Å²) in [4.78, 5) is 47.7. The van der Waals surface area contributed by atoms with E-state index in [1.54, 1.807) is 42.5 Å². The van der Waals surface area contributed by atoms with Gasteiger partial charge in [0.2, 0.25) is 11.8 Å². The van der Waals surface area contributed by atoms with Crippen LogP contribution in [0.3, 0.4) is 0 Å². The van der Waals surface area contributed by atoms with Crippen molar-refractivity contribution < 1.29 is 28.7 Å². The Bertz CT molecular complexity index is 1310. The van der Waals surface area contributed by atoms with Crippen LogP contribution in [-0.2, 0) is 23.9 Å². The molecule has 1 heterocycles. The van der Waals surface area contributed by atoms with Crippen molar-refractivity contribution in [3.63, 3.8) is 0 Å². The molecule has 3 N–H and O–H groups in total. The first-order valence-electron chi connectivity index (χ1n) is 11.2. The number of esters is 1. The number of tetrazole rings is 1. The minimum atomic E-state index is -0.854. The van der Waals surface area contributed by atoms with Gasteiger partial charge in [0.25, 0.3) is 0 Å². The number of benzene rings is 2. The monoisotopic (exact) mass is 541 g/mol. The molecular formula is C24H24ClN7O6. The van der Waals surface area contributed by atoms with Gasteiger partial charge in [-0.25, -0.2) is 4.79 Å². The van der Waals surface area contributed by atoms with Crippen LogP contribution in [0, 0.1) is 0 Å². The Balaban J connectivity index is 1.49. The van der Waals surface area contributed by atoms with Crippen molar-refractivity contribution in [2.45, 2.75) is 19.4 Å². The standard InChI is InChI=1S/C24H24ClN7O6/c1-15(27-21(33)10-3-16-13-17(25)4-9-20(16)32-14-26-30-31-32)23(35)28-18-5-7-19(8-6-18)29-24(36)38-12-11-22(34)37-2/h3-10,13-15H,11-12H2,1-2H3,(H,27,33)(H,28,35)(H,29,36). The minimum Gasteiger partial charge on any atom is -0.469 e. The number of nitrogens with zero attached hydrogens (tertiary/aromatic N) is 4. The number of hydrogen-bond acceptors (Lipinski definition) is 9. The summed E-state index contributed by atoms with van der Waals surface area (Å²) in [6, 6.07) is 10.4. The van der Waals surface area contributed by atoms with E-state index in [9.17, 15) is 19.2 Å². The van der Waals surface area contributed by atoms with Crippen molar-refractivity contribution in [2.24, 2.45) is 0 Å². The highest BCUT2D eigenvalue weighted by molar-refractivity contribution is 6.30. The first-order valence-corrected chi connectivity index (χ1v) is 11.6. The van der Waals surface area contributed by atoms with Gasteiger partial charge in [0.15, 0.2) is 0 Å². The highest BCUT2D eigenvalue weighted by Gasteiger charge is 2.15. The Morgan fingerprint density at radius 3 is 2.45 bits per heavy atom. The zero-order valence-corrected chi connectivity index (χ0v) is 21.1. The number of anilines is 2. The summed E-state index contributed by atoms with van der Waals surface area (Å²) in [5, 5.41) is 19.3. The molecule has 38 heavy (non-hydrogen) atoms. The Labute approximate surface area is 222 Å². The van der Waals surface area contributed by atoms with Gasteiger partial charge < -0.3 is 20.1 Å². The molecule has 0 aliphatic carbocycles. The van der Waals surface area contributed by atoms with Crippen LogP contribution in [0.5, 0.6) is 0 Å². The molecule has 0 aliphatic heterocycles. The third-order valence-electron chi connectivity index (χ3n) is 4.92. The maximum Gasteiger partial charge on any atom is 0.411 e. The third-order valence-corrected chi connectivity index (χ3v) is 5.15. The molecule has 0 spiro atoms. The van der Waals surface area contributed by atoms with E-state index < -0.39 is 29.9 Å². The maximum absolute atomic E-state index is 12.5. The van der Waals surface area contributed by atoms with Gasteiger partial charge in [0.05, 0.1) is 19.2 Å². The molecule has 3 aromatic rings.